The number of carbonyl (C=O) groups excluding carboxylic acids is 1. The number of benzene rings is 1. The van der Waals surface area contributed by atoms with E-state index in [1.54, 1.807) is 31.2 Å². The van der Waals surface area contributed by atoms with E-state index in [0.717, 1.165) is 23.4 Å². The third-order valence-corrected chi connectivity index (χ3v) is 6.33. The minimum atomic E-state index is -4.64. The Morgan fingerprint density at radius 1 is 1.11 bits per heavy atom. The van der Waals surface area contributed by atoms with Crippen LogP contribution in [-0.4, -0.2) is 50.2 Å². The lowest BCUT2D eigenvalue weighted by Gasteiger charge is -2.20. The molecule has 2 heterocycles. The van der Waals surface area contributed by atoms with Gasteiger partial charge in [-0.3, -0.25) is 4.79 Å². The van der Waals surface area contributed by atoms with Crippen LogP contribution in [0.2, 0.25) is 0 Å². The Bertz CT molecular complexity index is 1230. The molecule has 12 heteroatoms. The van der Waals surface area contributed by atoms with Gasteiger partial charge in [0.15, 0.2) is 28.1 Å². The molecule has 0 fully saturated rings. The average Bonchev–Trinajstić information content (AvgIpc) is 3.37. The number of thioether (sulfide) groups is 1. The molecule has 2 aromatic heterocycles. The lowest BCUT2D eigenvalue weighted by molar-refractivity contribution is -0.141. The van der Waals surface area contributed by atoms with Gasteiger partial charge < -0.3 is 24.1 Å². The lowest BCUT2D eigenvalue weighted by atomic mass is 10.1. The third-order valence-electron chi connectivity index (χ3n) is 5.46. The van der Waals surface area contributed by atoms with Crippen molar-refractivity contribution in [2.45, 2.75) is 37.4 Å². The molecule has 0 spiro atoms. The number of ether oxygens (including phenoxy) is 2. The van der Waals surface area contributed by atoms with Crippen LogP contribution in [-0.2, 0) is 18.3 Å². The maximum Gasteiger partial charge on any atom is 0.433 e. The third kappa shape index (κ3) is 8.04. The van der Waals surface area contributed by atoms with Crippen LogP contribution in [0.5, 0.6) is 11.5 Å². The molecule has 0 aliphatic carbocycles. The number of furan rings is 1. The number of hydrogen-bond acceptors (Lipinski definition) is 8. The summed E-state index contributed by atoms with van der Waals surface area (Å²) in [5.74, 6) is 1.98. The average molecular weight is 553 g/mol. The number of alkyl halides is 3. The van der Waals surface area contributed by atoms with E-state index in [1.165, 1.54) is 13.2 Å². The molecule has 8 nitrogen and oxygen atoms in total. The van der Waals surface area contributed by atoms with E-state index in [2.05, 4.69) is 15.3 Å². The zero-order valence-corrected chi connectivity index (χ0v) is 22.7. The largest absolute Gasteiger partial charge is 0.493 e. The Morgan fingerprint density at radius 2 is 1.84 bits per heavy atom. The fraction of sp³-hybridized carbons (Fsp3) is 0.423. The minimum absolute atomic E-state index is 0.0463. The number of hydrogen-bond donors (Lipinski definition) is 1. The van der Waals surface area contributed by atoms with Crippen molar-refractivity contribution >= 4 is 23.5 Å². The monoisotopic (exact) mass is 552 g/mol. The Kier molecular flexibility index (Phi) is 9.90. The second kappa shape index (κ2) is 12.9. The van der Waals surface area contributed by atoms with Crippen LogP contribution in [0.15, 0.2) is 46.0 Å². The summed E-state index contributed by atoms with van der Waals surface area (Å²) in [6.07, 6.45) is -4.09. The number of carbonyl (C=O) groups is 1. The predicted molar refractivity (Wildman–Crippen MR) is 139 cm³/mol. The highest BCUT2D eigenvalue weighted by Gasteiger charge is 2.34. The van der Waals surface area contributed by atoms with Crippen molar-refractivity contribution in [1.29, 1.82) is 0 Å². The number of nitrogens with one attached hydrogen (secondary N) is 1. The first-order valence-electron chi connectivity index (χ1n) is 11.9. The van der Waals surface area contributed by atoms with Crippen molar-refractivity contribution in [1.82, 2.24) is 15.3 Å². The molecule has 1 N–H and O–H groups in total. The first-order chi connectivity index (χ1) is 18.0. The van der Waals surface area contributed by atoms with Gasteiger partial charge >= 0.3 is 6.18 Å². The molecule has 0 aliphatic rings. The molecule has 0 atom stereocenters. The van der Waals surface area contributed by atoms with E-state index in [1.807, 2.05) is 26.0 Å². The molecular formula is C26H31F3N4O4S. The van der Waals surface area contributed by atoms with E-state index in [-0.39, 0.29) is 34.3 Å². The summed E-state index contributed by atoms with van der Waals surface area (Å²) in [7, 11) is 4.76. The van der Waals surface area contributed by atoms with Gasteiger partial charge in [0.05, 0.1) is 20.0 Å². The number of likely N-dealkylation sites (N-methyl/N-ethyl adjacent to an activating group) is 1. The summed E-state index contributed by atoms with van der Waals surface area (Å²) in [6.45, 7) is 4.86. The van der Waals surface area contributed by atoms with Crippen LogP contribution < -0.4 is 19.7 Å². The van der Waals surface area contributed by atoms with Crippen molar-refractivity contribution in [2.24, 2.45) is 5.92 Å². The van der Waals surface area contributed by atoms with Gasteiger partial charge in [-0.25, -0.2) is 9.97 Å². The second-order valence-electron chi connectivity index (χ2n) is 8.91. The van der Waals surface area contributed by atoms with E-state index < -0.39 is 11.9 Å². The molecule has 0 aliphatic heterocycles. The molecule has 3 aromatic rings. The summed E-state index contributed by atoms with van der Waals surface area (Å²) in [4.78, 5) is 21.8. The fourth-order valence-corrected chi connectivity index (χ4v) is 4.11. The SMILES string of the molecule is COc1ccc(CCN(C)c2cc(C(F)(F)F)nc(SCc3ccc(C(=O)NCC(C)C)o3)n2)cc1OC. The fourth-order valence-electron chi connectivity index (χ4n) is 3.36. The van der Waals surface area contributed by atoms with Gasteiger partial charge in [-0.2, -0.15) is 13.2 Å². The maximum absolute atomic E-state index is 13.6. The zero-order chi connectivity index (χ0) is 27.9. The first kappa shape index (κ1) is 29.2. The molecule has 3 rings (SSSR count). The van der Waals surface area contributed by atoms with Gasteiger partial charge in [-0.05, 0) is 42.2 Å². The van der Waals surface area contributed by atoms with Crippen molar-refractivity contribution in [3.8, 4) is 11.5 Å². The Morgan fingerprint density at radius 3 is 2.50 bits per heavy atom. The van der Waals surface area contributed by atoms with Gasteiger partial charge in [0.1, 0.15) is 11.6 Å². The van der Waals surface area contributed by atoms with Gasteiger partial charge in [0.25, 0.3) is 5.91 Å². The topological polar surface area (TPSA) is 89.7 Å². The highest BCUT2D eigenvalue weighted by atomic mass is 32.2. The maximum atomic E-state index is 13.6. The van der Waals surface area contributed by atoms with Crippen LogP contribution in [0.4, 0.5) is 19.0 Å². The molecule has 0 saturated heterocycles. The number of halogens is 3. The zero-order valence-electron chi connectivity index (χ0n) is 21.9. The predicted octanol–water partition coefficient (Wildman–Crippen LogP) is 5.46. The highest BCUT2D eigenvalue weighted by molar-refractivity contribution is 7.98. The molecule has 0 saturated carbocycles. The van der Waals surface area contributed by atoms with Gasteiger partial charge in [-0.1, -0.05) is 31.7 Å². The van der Waals surface area contributed by atoms with Gasteiger partial charge in [-0.15, -0.1) is 0 Å². The summed E-state index contributed by atoms with van der Waals surface area (Å²) in [5, 5.41) is 2.71. The summed E-state index contributed by atoms with van der Waals surface area (Å²) in [5.41, 5.74) is -0.101. The molecule has 38 heavy (non-hydrogen) atoms. The van der Waals surface area contributed by atoms with Crippen molar-refractivity contribution < 1.29 is 31.9 Å². The standard InChI is InChI=1S/C26H31F3N4O4S/c1-16(2)14-30-24(34)20-9-7-18(37-20)15-38-25-31-22(26(27,28)29)13-23(32-25)33(3)11-10-17-6-8-19(35-4)21(12-17)36-5/h6-9,12-13,16H,10-11,14-15H2,1-5H3,(H,30,34). The number of amides is 1. The van der Waals surface area contributed by atoms with Gasteiger partial charge in [0.2, 0.25) is 0 Å². The normalized spacial score (nSPS) is 11.5. The van der Waals surface area contributed by atoms with Crippen molar-refractivity contribution in [3.63, 3.8) is 0 Å². The molecular weight excluding hydrogens is 521 g/mol. The van der Waals surface area contributed by atoms with Crippen molar-refractivity contribution in [2.75, 3.05) is 39.3 Å². The first-order valence-corrected chi connectivity index (χ1v) is 12.9. The molecule has 0 bridgehead atoms. The van der Waals surface area contributed by atoms with Gasteiger partial charge in [0, 0.05) is 26.2 Å². The van der Waals surface area contributed by atoms with Crippen LogP contribution in [0.25, 0.3) is 0 Å². The molecule has 0 unspecified atom stereocenters. The van der Waals surface area contributed by atoms with Crippen LogP contribution in [0, 0.1) is 5.92 Å². The number of nitrogens with zero attached hydrogens (tertiary/aromatic N) is 3. The van der Waals surface area contributed by atoms with Crippen molar-refractivity contribution in [3.05, 3.63) is 59.2 Å². The molecule has 0 radical (unpaired) electrons. The number of anilines is 1. The second-order valence-corrected chi connectivity index (χ2v) is 9.85. The smallest absolute Gasteiger partial charge is 0.433 e. The van der Waals surface area contributed by atoms with E-state index in [4.69, 9.17) is 13.9 Å². The number of aromatic nitrogens is 2. The van der Waals surface area contributed by atoms with Crippen LogP contribution in [0.3, 0.4) is 0 Å². The van der Waals surface area contributed by atoms with Crippen LogP contribution >= 0.6 is 11.8 Å². The number of methoxy groups -OCH3 is 2. The Labute approximate surface area is 223 Å². The summed E-state index contributed by atoms with van der Waals surface area (Å²) in [6, 6.07) is 9.56. The Balaban J connectivity index is 1.71. The van der Waals surface area contributed by atoms with E-state index in [0.29, 0.717) is 36.8 Å². The highest BCUT2D eigenvalue weighted by Crippen LogP contribution is 2.32. The lowest BCUT2D eigenvalue weighted by Crippen LogP contribution is -2.26. The molecule has 1 amide bonds. The summed E-state index contributed by atoms with van der Waals surface area (Å²) >= 11 is 0.997. The Hall–Kier alpha value is -3.41. The minimum Gasteiger partial charge on any atom is -0.493 e. The molecule has 206 valence electrons. The van der Waals surface area contributed by atoms with E-state index in [9.17, 15) is 18.0 Å². The summed E-state index contributed by atoms with van der Waals surface area (Å²) < 4.78 is 56.9. The number of rotatable bonds is 12. The van der Waals surface area contributed by atoms with Crippen LogP contribution in [0.1, 0.15) is 41.4 Å². The molecule has 1 aromatic carbocycles. The quantitative estimate of drug-likeness (QED) is 0.234. The van der Waals surface area contributed by atoms with E-state index >= 15 is 0 Å².